The maximum Gasteiger partial charge on any atom is 0.0540 e. The van der Waals surface area contributed by atoms with Gasteiger partial charge >= 0.3 is 0 Å². The van der Waals surface area contributed by atoms with E-state index in [1.54, 1.807) is 0 Å². The van der Waals surface area contributed by atoms with Gasteiger partial charge in [0.25, 0.3) is 0 Å². The third kappa shape index (κ3) is 7.67. The van der Waals surface area contributed by atoms with Gasteiger partial charge in [-0.15, -0.1) is 0 Å². The minimum Gasteiger partial charge on any atom is -0.393 e. The van der Waals surface area contributed by atoms with E-state index in [1.807, 2.05) is 0 Å². The Morgan fingerprint density at radius 1 is 0.900 bits per heavy atom. The lowest BCUT2D eigenvalue weighted by Crippen LogP contribution is -2.23. The molecule has 0 rings (SSSR count). The standard InChI is InChI=1S/C19H40O/c1-8-16(13-18(20)10-3)12-15(5)17(9-2)14-19(6,7)11-4/h15-18,20H,8-14H2,1-7H3/t15-,16?,17?,18?/m1/s1. The van der Waals surface area contributed by atoms with E-state index in [0.29, 0.717) is 11.3 Å². The number of rotatable bonds is 11. The zero-order valence-corrected chi connectivity index (χ0v) is 15.2. The second-order valence-electron chi connectivity index (χ2n) is 7.68. The largest absolute Gasteiger partial charge is 0.393 e. The van der Waals surface area contributed by atoms with Crippen molar-refractivity contribution in [3.63, 3.8) is 0 Å². The Balaban J connectivity index is 4.48. The van der Waals surface area contributed by atoms with Gasteiger partial charge in [-0.1, -0.05) is 67.7 Å². The molecule has 0 bridgehead atoms. The van der Waals surface area contributed by atoms with Crippen LogP contribution in [0.4, 0.5) is 0 Å². The van der Waals surface area contributed by atoms with Crippen LogP contribution in [0.5, 0.6) is 0 Å². The van der Waals surface area contributed by atoms with E-state index in [9.17, 15) is 5.11 Å². The van der Waals surface area contributed by atoms with Gasteiger partial charge in [-0.3, -0.25) is 0 Å². The van der Waals surface area contributed by atoms with E-state index >= 15 is 0 Å². The number of hydrogen-bond acceptors (Lipinski definition) is 1. The molecule has 0 amide bonds. The van der Waals surface area contributed by atoms with Crippen molar-refractivity contribution in [2.75, 3.05) is 0 Å². The van der Waals surface area contributed by atoms with Crippen LogP contribution < -0.4 is 0 Å². The Labute approximate surface area is 128 Å². The highest BCUT2D eigenvalue weighted by atomic mass is 16.3. The Bertz CT molecular complexity index is 234. The molecule has 0 saturated heterocycles. The Morgan fingerprint density at radius 2 is 1.50 bits per heavy atom. The van der Waals surface area contributed by atoms with Crippen molar-refractivity contribution >= 4 is 0 Å². The maximum absolute atomic E-state index is 9.89. The second kappa shape index (κ2) is 9.82. The lowest BCUT2D eigenvalue weighted by Gasteiger charge is -2.33. The first-order valence-electron chi connectivity index (χ1n) is 8.97. The monoisotopic (exact) mass is 284 g/mol. The fourth-order valence-electron chi connectivity index (χ4n) is 3.30. The van der Waals surface area contributed by atoms with Crippen molar-refractivity contribution in [3.8, 4) is 0 Å². The van der Waals surface area contributed by atoms with Gasteiger partial charge in [0, 0.05) is 0 Å². The molecule has 0 saturated carbocycles. The zero-order valence-electron chi connectivity index (χ0n) is 15.2. The summed E-state index contributed by atoms with van der Waals surface area (Å²) >= 11 is 0. The lowest BCUT2D eigenvalue weighted by molar-refractivity contribution is 0.118. The summed E-state index contributed by atoms with van der Waals surface area (Å²) < 4.78 is 0. The third-order valence-corrected chi connectivity index (χ3v) is 5.46. The van der Waals surface area contributed by atoms with Crippen LogP contribution in [0.3, 0.4) is 0 Å². The molecule has 1 N–H and O–H groups in total. The number of aliphatic hydroxyl groups excluding tert-OH is 1. The van der Waals surface area contributed by atoms with Crippen LogP contribution in [0.2, 0.25) is 0 Å². The minimum atomic E-state index is -0.0979. The van der Waals surface area contributed by atoms with Crippen LogP contribution in [0.1, 0.15) is 93.4 Å². The molecular formula is C19H40O. The van der Waals surface area contributed by atoms with E-state index in [1.165, 1.54) is 32.1 Å². The molecule has 0 aromatic carbocycles. The lowest BCUT2D eigenvalue weighted by atomic mass is 9.72. The summed E-state index contributed by atoms with van der Waals surface area (Å²) in [6.45, 7) is 16.2. The van der Waals surface area contributed by atoms with Gasteiger partial charge in [0.2, 0.25) is 0 Å². The van der Waals surface area contributed by atoms with Crippen LogP contribution in [0.25, 0.3) is 0 Å². The topological polar surface area (TPSA) is 20.2 Å². The molecule has 0 radical (unpaired) electrons. The Morgan fingerprint density at radius 3 is 1.90 bits per heavy atom. The molecule has 0 aromatic rings. The average molecular weight is 285 g/mol. The summed E-state index contributed by atoms with van der Waals surface area (Å²) in [4.78, 5) is 0. The van der Waals surface area contributed by atoms with Crippen molar-refractivity contribution < 1.29 is 5.11 Å². The van der Waals surface area contributed by atoms with E-state index in [-0.39, 0.29) is 6.10 Å². The first-order chi connectivity index (χ1) is 9.29. The van der Waals surface area contributed by atoms with Crippen LogP contribution in [0.15, 0.2) is 0 Å². The van der Waals surface area contributed by atoms with Crippen LogP contribution in [-0.4, -0.2) is 11.2 Å². The van der Waals surface area contributed by atoms with E-state index in [0.717, 1.165) is 24.7 Å². The number of aliphatic hydroxyl groups is 1. The van der Waals surface area contributed by atoms with E-state index in [2.05, 4.69) is 48.5 Å². The summed E-state index contributed by atoms with van der Waals surface area (Å²) in [6.07, 6.45) is 8.17. The fourth-order valence-corrected chi connectivity index (χ4v) is 3.30. The van der Waals surface area contributed by atoms with Gasteiger partial charge in [-0.25, -0.2) is 0 Å². The quantitative estimate of drug-likeness (QED) is 0.489. The molecule has 0 fully saturated rings. The zero-order chi connectivity index (χ0) is 15.8. The SMILES string of the molecule is CCC(O)CC(CC)C[C@@H](C)C(CC)CC(C)(C)CC. The van der Waals surface area contributed by atoms with Gasteiger partial charge in [0.15, 0.2) is 0 Å². The summed E-state index contributed by atoms with van der Waals surface area (Å²) in [7, 11) is 0. The van der Waals surface area contributed by atoms with Crippen molar-refractivity contribution in [1.82, 2.24) is 0 Å². The highest BCUT2D eigenvalue weighted by molar-refractivity contribution is 4.77. The van der Waals surface area contributed by atoms with Gasteiger partial charge in [0.1, 0.15) is 0 Å². The molecule has 0 aliphatic carbocycles. The predicted octanol–water partition coefficient (Wildman–Crippen LogP) is 6.05. The molecule has 1 nitrogen and oxygen atoms in total. The highest BCUT2D eigenvalue weighted by Crippen LogP contribution is 2.37. The first-order valence-corrected chi connectivity index (χ1v) is 8.97. The highest BCUT2D eigenvalue weighted by Gasteiger charge is 2.26. The molecule has 122 valence electrons. The molecule has 0 heterocycles. The van der Waals surface area contributed by atoms with Crippen molar-refractivity contribution in [2.45, 2.75) is 99.5 Å². The Kier molecular flexibility index (Phi) is 9.80. The van der Waals surface area contributed by atoms with E-state index in [4.69, 9.17) is 0 Å². The van der Waals surface area contributed by atoms with Crippen LogP contribution >= 0.6 is 0 Å². The van der Waals surface area contributed by atoms with Crippen molar-refractivity contribution in [2.24, 2.45) is 23.2 Å². The van der Waals surface area contributed by atoms with Gasteiger partial charge in [-0.05, 0) is 48.9 Å². The maximum atomic E-state index is 9.89. The summed E-state index contributed by atoms with van der Waals surface area (Å²) in [5.74, 6) is 2.30. The van der Waals surface area contributed by atoms with Crippen LogP contribution in [0, 0.1) is 23.2 Å². The second-order valence-corrected chi connectivity index (χ2v) is 7.68. The van der Waals surface area contributed by atoms with Gasteiger partial charge in [0.05, 0.1) is 6.10 Å². The molecule has 20 heavy (non-hydrogen) atoms. The summed E-state index contributed by atoms with van der Waals surface area (Å²) in [5.41, 5.74) is 0.472. The molecule has 1 heteroatoms. The molecule has 0 aliphatic heterocycles. The third-order valence-electron chi connectivity index (χ3n) is 5.46. The fraction of sp³-hybridized carbons (Fsp3) is 1.00. The molecule has 0 aliphatic rings. The van der Waals surface area contributed by atoms with Crippen LogP contribution in [-0.2, 0) is 0 Å². The molecule has 0 aromatic heterocycles. The molecule has 0 spiro atoms. The number of hydrogen-bond donors (Lipinski definition) is 1. The molecular weight excluding hydrogens is 244 g/mol. The molecule has 3 unspecified atom stereocenters. The minimum absolute atomic E-state index is 0.0979. The van der Waals surface area contributed by atoms with Crippen molar-refractivity contribution in [3.05, 3.63) is 0 Å². The van der Waals surface area contributed by atoms with Crippen molar-refractivity contribution in [1.29, 1.82) is 0 Å². The first kappa shape index (κ1) is 20.0. The smallest absolute Gasteiger partial charge is 0.0540 e. The Hall–Kier alpha value is -0.0400. The average Bonchev–Trinajstić information content (AvgIpc) is 2.43. The van der Waals surface area contributed by atoms with E-state index < -0.39 is 0 Å². The molecule has 4 atom stereocenters. The predicted molar refractivity (Wildman–Crippen MR) is 90.9 cm³/mol. The normalized spacial score (nSPS) is 18.6. The van der Waals surface area contributed by atoms with Gasteiger partial charge in [-0.2, -0.15) is 0 Å². The van der Waals surface area contributed by atoms with Gasteiger partial charge < -0.3 is 5.11 Å². The summed E-state index contributed by atoms with van der Waals surface area (Å²) in [5, 5.41) is 9.89. The summed E-state index contributed by atoms with van der Waals surface area (Å²) in [6, 6.07) is 0.